The average Bonchev–Trinajstić information content (AvgIpc) is 2.65. The predicted octanol–water partition coefficient (Wildman–Crippen LogP) is 0.306. The zero-order valence-electron chi connectivity index (χ0n) is 13.9. The average molecular weight is 386 g/mol. The van der Waals surface area contributed by atoms with Gasteiger partial charge in [-0.2, -0.15) is 4.31 Å². The van der Waals surface area contributed by atoms with Gasteiger partial charge >= 0.3 is 5.97 Å². The second kappa shape index (κ2) is 8.88. The minimum atomic E-state index is -3.89. The van der Waals surface area contributed by atoms with Crippen molar-refractivity contribution in [3.05, 3.63) is 42.2 Å². The molecule has 1 aromatic carbocycles. The molecule has 142 valence electrons. The smallest absolute Gasteiger partial charge is 0.341 e. The Hall–Kier alpha value is -2.30. The van der Waals surface area contributed by atoms with Gasteiger partial charge in [-0.05, 0) is 18.2 Å². The van der Waals surface area contributed by atoms with Gasteiger partial charge in [0.1, 0.15) is 5.82 Å². The highest BCUT2D eigenvalue weighted by Gasteiger charge is 2.28. The highest BCUT2D eigenvalue weighted by atomic mass is 32.2. The van der Waals surface area contributed by atoms with Crippen LogP contribution in [0.2, 0.25) is 0 Å². The molecular formula is C16H19FN2O6S. The van der Waals surface area contributed by atoms with Crippen LogP contribution in [0.15, 0.2) is 35.7 Å². The normalized spacial score (nSPS) is 15.3. The van der Waals surface area contributed by atoms with Crippen molar-refractivity contribution in [1.29, 1.82) is 0 Å². The largest absolute Gasteiger partial charge is 0.452 e. The van der Waals surface area contributed by atoms with Gasteiger partial charge in [0, 0.05) is 19.6 Å². The molecular weight excluding hydrogens is 367 g/mol. The van der Waals surface area contributed by atoms with Gasteiger partial charge in [0.15, 0.2) is 6.61 Å². The number of benzene rings is 1. The fraction of sp³-hybridized carbons (Fsp3) is 0.375. The van der Waals surface area contributed by atoms with Gasteiger partial charge in [0.05, 0.1) is 23.7 Å². The first kappa shape index (κ1) is 20.0. The SMILES string of the molecule is C=CCNC(=O)COC(=O)c1cc(S(=O)(=O)N2CCOCC2)ccc1F. The Labute approximate surface area is 150 Å². The third-order valence-corrected chi connectivity index (χ3v) is 5.44. The first-order chi connectivity index (χ1) is 12.4. The second-order valence-corrected chi connectivity index (χ2v) is 7.26. The molecule has 1 fully saturated rings. The zero-order valence-corrected chi connectivity index (χ0v) is 14.8. The molecule has 0 radical (unpaired) electrons. The highest BCUT2D eigenvalue weighted by molar-refractivity contribution is 7.89. The number of carbonyl (C=O) groups excluding carboxylic acids is 2. The van der Waals surface area contributed by atoms with Crippen molar-refractivity contribution in [2.75, 3.05) is 39.5 Å². The van der Waals surface area contributed by atoms with E-state index in [4.69, 9.17) is 9.47 Å². The lowest BCUT2D eigenvalue weighted by atomic mass is 10.2. The first-order valence-corrected chi connectivity index (χ1v) is 9.22. The molecule has 0 atom stereocenters. The maximum Gasteiger partial charge on any atom is 0.341 e. The summed E-state index contributed by atoms with van der Waals surface area (Å²) in [5.41, 5.74) is -0.559. The van der Waals surface area contributed by atoms with E-state index in [9.17, 15) is 22.4 Å². The van der Waals surface area contributed by atoms with Gasteiger partial charge in [-0.15, -0.1) is 6.58 Å². The number of hydrogen-bond donors (Lipinski definition) is 1. The van der Waals surface area contributed by atoms with Crippen LogP contribution in [0.25, 0.3) is 0 Å². The second-order valence-electron chi connectivity index (χ2n) is 5.33. The van der Waals surface area contributed by atoms with Gasteiger partial charge in [0.25, 0.3) is 5.91 Å². The fourth-order valence-electron chi connectivity index (χ4n) is 2.20. The van der Waals surface area contributed by atoms with Crippen LogP contribution in [0.5, 0.6) is 0 Å². The van der Waals surface area contributed by atoms with E-state index < -0.39 is 39.9 Å². The van der Waals surface area contributed by atoms with Crippen LogP contribution in [0.4, 0.5) is 4.39 Å². The van der Waals surface area contributed by atoms with Crippen molar-refractivity contribution in [3.8, 4) is 0 Å². The van der Waals surface area contributed by atoms with Crippen molar-refractivity contribution >= 4 is 21.9 Å². The monoisotopic (exact) mass is 386 g/mol. The number of amides is 1. The standard InChI is InChI=1S/C16H19FN2O6S/c1-2-5-18-15(20)11-25-16(21)13-10-12(3-4-14(13)17)26(22,23)19-6-8-24-9-7-19/h2-4,10H,1,5-9,11H2,(H,18,20). The molecule has 1 aliphatic rings. The topological polar surface area (TPSA) is 102 Å². The van der Waals surface area contributed by atoms with E-state index in [0.29, 0.717) is 0 Å². The number of carbonyl (C=O) groups is 2. The summed E-state index contributed by atoms with van der Waals surface area (Å²) in [5.74, 6) is -2.66. The molecule has 1 amide bonds. The first-order valence-electron chi connectivity index (χ1n) is 7.78. The summed E-state index contributed by atoms with van der Waals surface area (Å²) in [6.07, 6.45) is 1.44. The van der Waals surface area contributed by atoms with E-state index in [0.717, 1.165) is 18.2 Å². The van der Waals surface area contributed by atoms with Crippen molar-refractivity contribution in [1.82, 2.24) is 9.62 Å². The van der Waals surface area contributed by atoms with E-state index in [2.05, 4.69) is 11.9 Å². The van der Waals surface area contributed by atoms with Gasteiger partial charge in [-0.1, -0.05) is 6.08 Å². The Morgan fingerprint density at radius 2 is 2.04 bits per heavy atom. The number of morpholine rings is 1. The van der Waals surface area contributed by atoms with Crippen molar-refractivity contribution in [2.24, 2.45) is 0 Å². The molecule has 1 aromatic rings. The summed E-state index contributed by atoms with van der Waals surface area (Å²) >= 11 is 0. The maximum atomic E-state index is 13.9. The summed E-state index contributed by atoms with van der Waals surface area (Å²) in [6.45, 7) is 3.85. The number of sulfonamides is 1. The number of nitrogens with zero attached hydrogens (tertiary/aromatic N) is 1. The molecule has 1 saturated heterocycles. The Bertz CT molecular complexity index is 790. The molecule has 0 spiro atoms. The fourth-order valence-corrected chi connectivity index (χ4v) is 3.64. The third kappa shape index (κ3) is 4.87. The quantitative estimate of drug-likeness (QED) is 0.534. The molecule has 0 bridgehead atoms. The molecule has 1 aliphatic heterocycles. The van der Waals surface area contributed by atoms with E-state index in [-0.39, 0.29) is 37.7 Å². The van der Waals surface area contributed by atoms with E-state index >= 15 is 0 Å². The van der Waals surface area contributed by atoms with Gasteiger partial charge in [0.2, 0.25) is 10.0 Å². The minimum absolute atomic E-state index is 0.170. The Kier molecular flexibility index (Phi) is 6.83. The Morgan fingerprint density at radius 3 is 2.69 bits per heavy atom. The summed E-state index contributed by atoms with van der Waals surface area (Å²) in [7, 11) is -3.89. The van der Waals surface area contributed by atoms with Crippen LogP contribution in [0.3, 0.4) is 0 Å². The summed E-state index contributed by atoms with van der Waals surface area (Å²) in [5, 5.41) is 2.39. The highest BCUT2D eigenvalue weighted by Crippen LogP contribution is 2.20. The lowest BCUT2D eigenvalue weighted by molar-refractivity contribution is -0.124. The zero-order chi connectivity index (χ0) is 19.2. The lowest BCUT2D eigenvalue weighted by Crippen LogP contribution is -2.40. The maximum absolute atomic E-state index is 13.9. The number of rotatable bonds is 7. The van der Waals surface area contributed by atoms with E-state index in [1.54, 1.807) is 0 Å². The third-order valence-electron chi connectivity index (χ3n) is 3.54. The molecule has 0 unspecified atom stereocenters. The minimum Gasteiger partial charge on any atom is -0.452 e. The van der Waals surface area contributed by atoms with Crippen molar-refractivity contribution in [2.45, 2.75) is 4.90 Å². The number of esters is 1. The van der Waals surface area contributed by atoms with Gasteiger partial charge < -0.3 is 14.8 Å². The van der Waals surface area contributed by atoms with Crippen molar-refractivity contribution in [3.63, 3.8) is 0 Å². The summed E-state index contributed by atoms with van der Waals surface area (Å²) in [6, 6.07) is 2.86. The Balaban J connectivity index is 2.14. The van der Waals surface area contributed by atoms with Crippen LogP contribution >= 0.6 is 0 Å². The van der Waals surface area contributed by atoms with Gasteiger partial charge in [-0.25, -0.2) is 17.6 Å². The number of hydrogen-bond acceptors (Lipinski definition) is 6. The summed E-state index contributed by atoms with van der Waals surface area (Å²) < 4.78 is 50.1. The molecule has 26 heavy (non-hydrogen) atoms. The molecule has 1 heterocycles. The molecule has 2 rings (SSSR count). The molecule has 0 aromatic heterocycles. The van der Waals surface area contributed by atoms with Crippen LogP contribution in [0, 0.1) is 5.82 Å². The van der Waals surface area contributed by atoms with E-state index in [1.807, 2.05) is 0 Å². The van der Waals surface area contributed by atoms with Crippen molar-refractivity contribution < 1.29 is 31.9 Å². The van der Waals surface area contributed by atoms with Crippen LogP contribution in [-0.4, -0.2) is 64.1 Å². The molecule has 8 nitrogen and oxygen atoms in total. The number of nitrogens with one attached hydrogen (secondary N) is 1. The van der Waals surface area contributed by atoms with Crippen LogP contribution in [-0.2, 0) is 24.3 Å². The lowest BCUT2D eigenvalue weighted by Gasteiger charge is -2.26. The number of ether oxygens (including phenoxy) is 2. The van der Waals surface area contributed by atoms with Crippen LogP contribution < -0.4 is 5.32 Å². The molecule has 1 N–H and O–H groups in total. The molecule has 0 aliphatic carbocycles. The van der Waals surface area contributed by atoms with Crippen LogP contribution in [0.1, 0.15) is 10.4 Å². The number of halogens is 1. The van der Waals surface area contributed by atoms with E-state index in [1.165, 1.54) is 10.4 Å². The predicted molar refractivity (Wildman–Crippen MR) is 89.5 cm³/mol. The van der Waals surface area contributed by atoms with Gasteiger partial charge in [-0.3, -0.25) is 4.79 Å². The summed E-state index contributed by atoms with van der Waals surface area (Å²) in [4.78, 5) is 23.2. The molecule has 10 heteroatoms. The Morgan fingerprint density at radius 1 is 1.35 bits per heavy atom. The molecule has 0 saturated carbocycles.